The van der Waals surface area contributed by atoms with E-state index in [9.17, 15) is 4.79 Å². The first-order valence-corrected chi connectivity index (χ1v) is 4.24. The number of rotatable bonds is 1. The minimum Gasteiger partial charge on any atom is -0.481 e. The predicted octanol–water partition coefficient (Wildman–Crippen LogP) is 1.90. The van der Waals surface area contributed by atoms with Crippen molar-refractivity contribution in [3.63, 3.8) is 0 Å². The van der Waals surface area contributed by atoms with Crippen molar-refractivity contribution in [2.45, 2.75) is 33.1 Å². The molecule has 1 N–H and O–H groups in total. The van der Waals surface area contributed by atoms with Gasteiger partial charge in [0.25, 0.3) is 0 Å². The van der Waals surface area contributed by atoms with Gasteiger partial charge in [0.15, 0.2) is 0 Å². The summed E-state index contributed by atoms with van der Waals surface area (Å²) in [4.78, 5) is 11.0. The van der Waals surface area contributed by atoms with Crippen LogP contribution in [0.15, 0.2) is 0 Å². The lowest BCUT2D eigenvalue weighted by molar-refractivity contribution is -0.170. The molecular weight excluding hydrogens is 140 g/mol. The average Bonchev–Trinajstić information content (AvgIpc) is 2.40. The fourth-order valence-electron chi connectivity index (χ4n) is 2.98. The Kier molecular flexibility index (Phi) is 1.05. The van der Waals surface area contributed by atoms with Gasteiger partial charge in [-0.05, 0) is 30.6 Å². The molecule has 2 atom stereocenters. The molecule has 0 saturated heterocycles. The Balaban J connectivity index is 2.36. The molecule has 0 aromatic heterocycles. The summed E-state index contributed by atoms with van der Waals surface area (Å²) in [5, 5.41) is 9.05. The van der Waals surface area contributed by atoms with E-state index in [1.54, 1.807) is 0 Å². The van der Waals surface area contributed by atoms with Gasteiger partial charge in [-0.2, -0.15) is 0 Å². The van der Waals surface area contributed by atoms with Crippen molar-refractivity contribution in [3.8, 4) is 0 Å². The van der Waals surface area contributed by atoms with Crippen LogP contribution in [0.3, 0.4) is 0 Å². The summed E-state index contributed by atoms with van der Waals surface area (Å²) in [6, 6.07) is 0. The zero-order valence-electron chi connectivity index (χ0n) is 7.05. The van der Waals surface area contributed by atoms with Gasteiger partial charge in [0.05, 0.1) is 5.41 Å². The van der Waals surface area contributed by atoms with Gasteiger partial charge in [-0.3, -0.25) is 4.79 Å². The van der Waals surface area contributed by atoms with Gasteiger partial charge < -0.3 is 5.11 Å². The van der Waals surface area contributed by atoms with Crippen molar-refractivity contribution in [1.82, 2.24) is 0 Å². The van der Waals surface area contributed by atoms with Crippen LogP contribution in [-0.2, 0) is 4.79 Å². The molecule has 0 amide bonds. The number of aliphatic carboxylic acids is 1. The van der Waals surface area contributed by atoms with Crippen molar-refractivity contribution >= 4 is 5.97 Å². The molecule has 1 unspecified atom stereocenters. The van der Waals surface area contributed by atoms with E-state index < -0.39 is 5.97 Å². The summed E-state index contributed by atoms with van der Waals surface area (Å²) in [6.07, 6.45) is 2.95. The molecular formula is C9H14O2. The lowest BCUT2D eigenvalue weighted by atomic mass is 9.51. The smallest absolute Gasteiger partial charge is 0.310 e. The predicted molar refractivity (Wildman–Crippen MR) is 41.2 cm³/mol. The molecule has 11 heavy (non-hydrogen) atoms. The third-order valence-corrected chi connectivity index (χ3v) is 4.18. The first-order valence-electron chi connectivity index (χ1n) is 4.24. The van der Waals surface area contributed by atoms with Gasteiger partial charge in [0.2, 0.25) is 0 Å². The zero-order chi connectivity index (χ0) is 8.28. The first kappa shape index (κ1) is 7.14. The third-order valence-electron chi connectivity index (χ3n) is 4.18. The Hall–Kier alpha value is -0.530. The van der Waals surface area contributed by atoms with Crippen LogP contribution in [0.2, 0.25) is 0 Å². The molecule has 2 heteroatoms. The molecule has 2 nitrogen and oxygen atoms in total. The molecule has 2 bridgehead atoms. The largest absolute Gasteiger partial charge is 0.481 e. The zero-order valence-corrected chi connectivity index (χ0v) is 7.05. The number of hydrogen-bond donors (Lipinski definition) is 1. The van der Waals surface area contributed by atoms with Crippen LogP contribution in [0.25, 0.3) is 0 Å². The number of carboxylic acid groups (broad SMARTS) is 1. The molecule has 62 valence electrons. The topological polar surface area (TPSA) is 37.3 Å². The maximum atomic E-state index is 11.0. The van der Waals surface area contributed by atoms with Crippen molar-refractivity contribution in [1.29, 1.82) is 0 Å². The maximum absolute atomic E-state index is 11.0. The molecule has 3 aliphatic rings. The summed E-state index contributed by atoms with van der Waals surface area (Å²) < 4.78 is 0. The molecule has 0 aromatic carbocycles. The van der Waals surface area contributed by atoms with Crippen LogP contribution >= 0.6 is 0 Å². The number of hydrogen-bond acceptors (Lipinski definition) is 1. The quantitative estimate of drug-likeness (QED) is 0.626. The Morgan fingerprint density at radius 3 is 2.36 bits per heavy atom. The number of fused-ring (bicyclic) bond motifs is 1. The fourth-order valence-corrected chi connectivity index (χ4v) is 2.98. The number of carbonyl (C=O) groups is 1. The van der Waals surface area contributed by atoms with Gasteiger partial charge in [-0.25, -0.2) is 0 Å². The Labute approximate surface area is 66.6 Å². The minimum absolute atomic E-state index is 0.0683. The first-order chi connectivity index (χ1) is 5.01. The van der Waals surface area contributed by atoms with Crippen molar-refractivity contribution in [3.05, 3.63) is 0 Å². The van der Waals surface area contributed by atoms with Crippen LogP contribution in [0.1, 0.15) is 33.1 Å². The normalized spacial score (nSPS) is 45.1. The van der Waals surface area contributed by atoms with Crippen LogP contribution in [-0.4, -0.2) is 11.1 Å². The highest BCUT2D eigenvalue weighted by Crippen LogP contribution is 2.70. The van der Waals surface area contributed by atoms with Crippen LogP contribution in [0, 0.1) is 16.7 Å². The molecule has 0 aromatic rings. The van der Waals surface area contributed by atoms with Gasteiger partial charge in [-0.1, -0.05) is 13.8 Å². The number of carboxylic acids is 1. The highest BCUT2D eigenvalue weighted by Gasteiger charge is 2.68. The van der Waals surface area contributed by atoms with Gasteiger partial charge in [0.1, 0.15) is 0 Å². The average molecular weight is 154 g/mol. The lowest BCUT2D eigenvalue weighted by Gasteiger charge is -2.51. The maximum Gasteiger partial charge on any atom is 0.310 e. The van der Waals surface area contributed by atoms with Gasteiger partial charge >= 0.3 is 5.97 Å². The molecule has 3 aliphatic carbocycles. The van der Waals surface area contributed by atoms with E-state index in [2.05, 4.69) is 13.8 Å². The van der Waals surface area contributed by atoms with Gasteiger partial charge in [-0.15, -0.1) is 0 Å². The van der Waals surface area contributed by atoms with Crippen molar-refractivity contribution < 1.29 is 9.90 Å². The molecule has 3 rings (SSSR count). The van der Waals surface area contributed by atoms with Crippen molar-refractivity contribution in [2.24, 2.45) is 16.7 Å². The van der Waals surface area contributed by atoms with E-state index in [4.69, 9.17) is 5.11 Å². The van der Waals surface area contributed by atoms with Crippen LogP contribution < -0.4 is 0 Å². The third kappa shape index (κ3) is 0.534. The van der Waals surface area contributed by atoms with Gasteiger partial charge in [0, 0.05) is 0 Å². The van der Waals surface area contributed by atoms with E-state index >= 15 is 0 Å². The summed E-state index contributed by atoms with van der Waals surface area (Å²) in [7, 11) is 0. The SMILES string of the molecule is CC1(C)C2CC[C@@]1(C(=O)O)C2. The Morgan fingerprint density at radius 2 is 2.18 bits per heavy atom. The summed E-state index contributed by atoms with van der Waals surface area (Å²) in [5.41, 5.74) is -0.281. The van der Waals surface area contributed by atoms with E-state index in [1.165, 1.54) is 0 Å². The fraction of sp³-hybridized carbons (Fsp3) is 0.889. The molecule has 3 saturated carbocycles. The summed E-state index contributed by atoms with van der Waals surface area (Å²) >= 11 is 0. The standard InChI is InChI=1S/C9H14O2/c1-8(2)6-3-4-9(8,5-6)7(10)11/h6H,3-5H2,1-2H3,(H,10,11)/t6?,9-/m0/s1. The Morgan fingerprint density at radius 1 is 1.55 bits per heavy atom. The highest BCUT2D eigenvalue weighted by molar-refractivity contribution is 5.78. The lowest BCUT2D eigenvalue weighted by Crippen LogP contribution is -2.52. The summed E-state index contributed by atoms with van der Waals surface area (Å²) in [5.74, 6) is 0.106. The van der Waals surface area contributed by atoms with Crippen LogP contribution in [0.4, 0.5) is 0 Å². The van der Waals surface area contributed by atoms with E-state index in [-0.39, 0.29) is 10.8 Å². The highest BCUT2D eigenvalue weighted by atomic mass is 16.4. The minimum atomic E-state index is -0.573. The second-order valence-corrected chi connectivity index (χ2v) is 4.55. The van der Waals surface area contributed by atoms with Crippen molar-refractivity contribution in [2.75, 3.05) is 0 Å². The van der Waals surface area contributed by atoms with E-state index in [0.717, 1.165) is 19.3 Å². The second kappa shape index (κ2) is 1.62. The monoisotopic (exact) mass is 154 g/mol. The molecule has 0 spiro atoms. The molecule has 0 radical (unpaired) electrons. The second-order valence-electron chi connectivity index (χ2n) is 4.55. The molecule has 0 aliphatic heterocycles. The molecule has 0 heterocycles. The van der Waals surface area contributed by atoms with Crippen LogP contribution in [0.5, 0.6) is 0 Å². The van der Waals surface area contributed by atoms with E-state index in [1.807, 2.05) is 0 Å². The van der Waals surface area contributed by atoms with E-state index in [0.29, 0.717) is 5.92 Å². The Bertz CT molecular complexity index is 216. The summed E-state index contributed by atoms with van der Waals surface area (Å²) in [6.45, 7) is 4.20. The molecule has 3 fully saturated rings.